The molecule has 1 heterocycles. The number of aliphatic hydroxyl groups is 1. The number of nitrogen functional groups attached to an aromatic ring is 1. The lowest BCUT2D eigenvalue weighted by Crippen LogP contribution is -2.39. The van der Waals surface area contributed by atoms with Crippen LogP contribution in [0.2, 0.25) is 0 Å². The lowest BCUT2D eigenvalue weighted by Gasteiger charge is -2.35. The molecule has 0 saturated carbocycles. The van der Waals surface area contributed by atoms with Crippen LogP contribution >= 0.6 is 0 Å². The smallest absolute Gasteiger partial charge is 0.0445 e. The van der Waals surface area contributed by atoms with Gasteiger partial charge in [-0.3, -0.25) is 4.90 Å². The minimum atomic E-state index is 0.283. The molecule has 0 spiro atoms. The van der Waals surface area contributed by atoms with Crippen LogP contribution in [0.3, 0.4) is 0 Å². The third-order valence-corrected chi connectivity index (χ3v) is 3.64. The van der Waals surface area contributed by atoms with Crippen molar-refractivity contribution in [2.45, 2.75) is 38.3 Å². The number of benzene rings is 1. The summed E-state index contributed by atoms with van der Waals surface area (Å²) in [6.07, 6.45) is 4.63. The number of hydrogen-bond donors (Lipinski definition) is 2. The lowest BCUT2D eigenvalue weighted by molar-refractivity contribution is 0.112. The van der Waals surface area contributed by atoms with E-state index >= 15 is 0 Å². The summed E-state index contributed by atoms with van der Waals surface area (Å²) in [7, 11) is 0. The SMILES string of the molecule is Nc1ccccc1CN1CCCCC1CCO. The van der Waals surface area contributed by atoms with Gasteiger partial charge >= 0.3 is 0 Å². The van der Waals surface area contributed by atoms with Gasteiger partial charge in [0.2, 0.25) is 0 Å². The third-order valence-electron chi connectivity index (χ3n) is 3.64. The van der Waals surface area contributed by atoms with E-state index in [0.29, 0.717) is 6.04 Å². The standard InChI is InChI=1S/C14H22N2O/c15-14-7-2-1-5-12(14)11-16-9-4-3-6-13(16)8-10-17/h1-2,5,7,13,17H,3-4,6,8-11,15H2. The Labute approximate surface area is 103 Å². The summed E-state index contributed by atoms with van der Waals surface area (Å²) in [5.74, 6) is 0. The van der Waals surface area contributed by atoms with E-state index in [4.69, 9.17) is 10.8 Å². The van der Waals surface area contributed by atoms with Crippen LogP contribution in [0.5, 0.6) is 0 Å². The highest BCUT2D eigenvalue weighted by Crippen LogP contribution is 2.23. The van der Waals surface area contributed by atoms with Crippen molar-refractivity contribution in [3.8, 4) is 0 Å². The van der Waals surface area contributed by atoms with Crippen molar-refractivity contribution in [2.24, 2.45) is 0 Å². The number of likely N-dealkylation sites (tertiary alicyclic amines) is 1. The van der Waals surface area contributed by atoms with Crippen LogP contribution in [0.1, 0.15) is 31.2 Å². The average molecular weight is 234 g/mol. The molecule has 0 aliphatic carbocycles. The van der Waals surface area contributed by atoms with Crippen molar-refractivity contribution >= 4 is 5.69 Å². The summed E-state index contributed by atoms with van der Waals surface area (Å²) in [4.78, 5) is 2.46. The number of aliphatic hydroxyl groups excluding tert-OH is 1. The molecular weight excluding hydrogens is 212 g/mol. The number of para-hydroxylation sites is 1. The summed E-state index contributed by atoms with van der Waals surface area (Å²) < 4.78 is 0. The van der Waals surface area contributed by atoms with Crippen molar-refractivity contribution in [1.29, 1.82) is 0 Å². The van der Waals surface area contributed by atoms with Gasteiger partial charge in [0, 0.05) is 24.9 Å². The first-order valence-corrected chi connectivity index (χ1v) is 6.49. The minimum absolute atomic E-state index is 0.283. The van der Waals surface area contributed by atoms with Gasteiger partial charge in [0.05, 0.1) is 0 Å². The molecule has 3 N–H and O–H groups in total. The molecule has 0 aromatic heterocycles. The lowest BCUT2D eigenvalue weighted by atomic mass is 9.98. The van der Waals surface area contributed by atoms with E-state index in [1.54, 1.807) is 0 Å². The second-order valence-electron chi connectivity index (χ2n) is 4.83. The van der Waals surface area contributed by atoms with Gasteiger partial charge in [0.25, 0.3) is 0 Å². The molecule has 2 rings (SSSR count). The quantitative estimate of drug-likeness (QED) is 0.783. The van der Waals surface area contributed by atoms with Gasteiger partial charge in [-0.25, -0.2) is 0 Å². The Morgan fingerprint density at radius 2 is 2.12 bits per heavy atom. The molecule has 0 amide bonds. The van der Waals surface area contributed by atoms with Crippen LogP contribution in [0.4, 0.5) is 5.69 Å². The fraction of sp³-hybridized carbons (Fsp3) is 0.571. The van der Waals surface area contributed by atoms with E-state index in [1.807, 2.05) is 18.2 Å². The zero-order chi connectivity index (χ0) is 12.1. The number of nitrogens with two attached hydrogens (primary N) is 1. The molecule has 1 saturated heterocycles. The van der Waals surface area contributed by atoms with Gasteiger partial charge in [-0.2, -0.15) is 0 Å². The summed E-state index contributed by atoms with van der Waals surface area (Å²) >= 11 is 0. The summed E-state index contributed by atoms with van der Waals surface area (Å²) in [6.45, 7) is 2.32. The van der Waals surface area contributed by atoms with Crippen LogP contribution in [-0.2, 0) is 6.54 Å². The van der Waals surface area contributed by atoms with Crippen LogP contribution in [0, 0.1) is 0 Å². The fourth-order valence-corrected chi connectivity index (χ4v) is 2.64. The zero-order valence-electron chi connectivity index (χ0n) is 10.3. The largest absolute Gasteiger partial charge is 0.398 e. The maximum Gasteiger partial charge on any atom is 0.0445 e. The molecule has 1 aliphatic heterocycles. The maximum atomic E-state index is 9.11. The fourth-order valence-electron chi connectivity index (χ4n) is 2.64. The highest BCUT2D eigenvalue weighted by atomic mass is 16.3. The topological polar surface area (TPSA) is 49.5 Å². The third kappa shape index (κ3) is 3.20. The van der Waals surface area contributed by atoms with Crippen LogP contribution in [0.25, 0.3) is 0 Å². The van der Waals surface area contributed by atoms with Gasteiger partial charge in [-0.05, 0) is 37.4 Å². The normalized spacial score (nSPS) is 21.6. The number of piperidine rings is 1. The van der Waals surface area contributed by atoms with Crippen molar-refractivity contribution in [3.05, 3.63) is 29.8 Å². The van der Waals surface area contributed by atoms with E-state index in [9.17, 15) is 0 Å². The minimum Gasteiger partial charge on any atom is -0.398 e. The van der Waals surface area contributed by atoms with Gasteiger partial charge < -0.3 is 10.8 Å². The molecule has 17 heavy (non-hydrogen) atoms. The molecule has 94 valence electrons. The molecule has 1 unspecified atom stereocenters. The van der Waals surface area contributed by atoms with Crippen molar-refractivity contribution in [3.63, 3.8) is 0 Å². The molecule has 1 aromatic carbocycles. The average Bonchev–Trinajstić information content (AvgIpc) is 2.35. The molecule has 0 bridgehead atoms. The van der Waals surface area contributed by atoms with E-state index in [-0.39, 0.29) is 6.61 Å². The predicted octanol–water partition coefficient (Wildman–Crippen LogP) is 2.01. The van der Waals surface area contributed by atoms with Gasteiger partial charge in [0.1, 0.15) is 0 Å². The zero-order valence-corrected chi connectivity index (χ0v) is 10.3. The second kappa shape index (κ2) is 6.03. The molecule has 3 nitrogen and oxygen atoms in total. The Bertz CT molecular complexity index is 352. The van der Waals surface area contributed by atoms with Crippen molar-refractivity contribution in [1.82, 2.24) is 4.90 Å². The van der Waals surface area contributed by atoms with E-state index in [1.165, 1.54) is 24.8 Å². The first kappa shape index (κ1) is 12.4. The number of rotatable bonds is 4. The van der Waals surface area contributed by atoms with Crippen LogP contribution in [-0.4, -0.2) is 29.2 Å². The molecule has 1 aromatic rings. The monoisotopic (exact) mass is 234 g/mol. The first-order chi connectivity index (χ1) is 8.31. The molecule has 3 heteroatoms. The molecule has 1 aliphatic rings. The molecular formula is C14H22N2O. The van der Waals surface area contributed by atoms with E-state index < -0.39 is 0 Å². The molecule has 1 atom stereocenters. The molecule has 1 fully saturated rings. The Hall–Kier alpha value is -1.06. The second-order valence-corrected chi connectivity index (χ2v) is 4.83. The van der Waals surface area contributed by atoms with Gasteiger partial charge in [-0.15, -0.1) is 0 Å². The number of hydrogen-bond acceptors (Lipinski definition) is 3. The summed E-state index contributed by atoms with van der Waals surface area (Å²) in [6, 6.07) is 8.59. The Balaban J connectivity index is 2.03. The Kier molecular flexibility index (Phi) is 4.40. The first-order valence-electron chi connectivity index (χ1n) is 6.49. The van der Waals surface area contributed by atoms with Gasteiger partial charge in [-0.1, -0.05) is 24.6 Å². The van der Waals surface area contributed by atoms with Gasteiger partial charge in [0.15, 0.2) is 0 Å². The highest BCUT2D eigenvalue weighted by molar-refractivity contribution is 5.46. The number of nitrogens with zero attached hydrogens (tertiary/aromatic N) is 1. The highest BCUT2D eigenvalue weighted by Gasteiger charge is 2.22. The van der Waals surface area contributed by atoms with Crippen LogP contribution in [0.15, 0.2) is 24.3 Å². The van der Waals surface area contributed by atoms with E-state index in [0.717, 1.165) is 25.2 Å². The van der Waals surface area contributed by atoms with E-state index in [2.05, 4.69) is 11.0 Å². The number of anilines is 1. The summed E-state index contributed by atoms with van der Waals surface area (Å²) in [5, 5.41) is 9.11. The Morgan fingerprint density at radius 3 is 2.88 bits per heavy atom. The predicted molar refractivity (Wildman–Crippen MR) is 70.6 cm³/mol. The van der Waals surface area contributed by atoms with Crippen molar-refractivity contribution < 1.29 is 5.11 Å². The summed E-state index contributed by atoms with van der Waals surface area (Å²) in [5.41, 5.74) is 8.06. The maximum absolute atomic E-state index is 9.11. The Morgan fingerprint density at radius 1 is 1.29 bits per heavy atom. The van der Waals surface area contributed by atoms with Crippen LogP contribution < -0.4 is 5.73 Å². The molecule has 0 radical (unpaired) electrons. The van der Waals surface area contributed by atoms with Crippen molar-refractivity contribution in [2.75, 3.05) is 18.9 Å².